The molecule has 3 atom stereocenters. The van der Waals surface area contributed by atoms with Crippen molar-refractivity contribution in [2.24, 2.45) is 5.73 Å². The highest BCUT2D eigenvalue weighted by Crippen LogP contribution is 2.07. The Morgan fingerprint density at radius 2 is 1.58 bits per heavy atom. The van der Waals surface area contributed by atoms with Gasteiger partial charge in [-0.15, -0.1) is 0 Å². The van der Waals surface area contributed by atoms with Gasteiger partial charge in [-0.25, -0.2) is 13.6 Å². The average Bonchev–Trinajstić information content (AvgIpc) is 2.00. The van der Waals surface area contributed by atoms with E-state index in [1.165, 1.54) is 0 Å². The van der Waals surface area contributed by atoms with Gasteiger partial charge in [-0.3, -0.25) is 4.79 Å². The van der Waals surface area contributed by atoms with Crippen molar-refractivity contribution in [3.05, 3.63) is 0 Å². The highest BCUT2D eigenvalue weighted by molar-refractivity contribution is 5.78. The molecule has 0 aromatic carbocycles. The van der Waals surface area contributed by atoms with Gasteiger partial charge in [0.2, 0.25) is 6.17 Å². The molecule has 0 radical (unpaired) electrons. The van der Waals surface area contributed by atoms with Crippen molar-refractivity contribution in [2.75, 3.05) is 0 Å². The molecule has 0 heterocycles. The third kappa shape index (κ3) is 2.42. The number of nitrogens with two attached hydrogens (primary N) is 1. The minimum atomic E-state index is -2.91. The molecule has 0 spiro atoms. The maximum absolute atomic E-state index is 12.4. The molecular weight excluding hydrogens is 176 g/mol. The molecule has 0 aliphatic rings. The van der Waals surface area contributed by atoms with Crippen LogP contribution in [0.5, 0.6) is 0 Å². The summed E-state index contributed by atoms with van der Waals surface area (Å²) in [7, 11) is 0. The van der Waals surface area contributed by atoms with E-state index in [0.717, 1.165) is 0 Å². The van der Waals surface area contributed by atoms with Crippen LogP contribution in [-0.2, 0) is 9.59 Å². The van der Waals surface area contributed by atoms with Crippen LogP contribution in [0.4, 0.5) is 8.78 Å². The number of alkyl halides is 2. The van der Waals surface area contributed by atoms with E-state index in [-0.39, 0.29) is 0 Å². The zero-order valence-electron chi connectivity index (χ0n) is 5.78. The largest absolute Gasteiger partial charge is 0.480 e. The molecule has 0 aliphatic heterocycles. The van der Waals surface area contributed by atoms with E-state index < -0.39 is 30.3 Å². The van der Waals surface area contributed by atoms with E-state index >= 15 is 0 Å². The summed E-state index contributed by atoms with van der Waals surface area (Å²) in [6.45, 7) is 0. The first-order valence-corrected chi connectivity index (χ1v) is 2.87. The van der Waals surface area contributed by atoms with Gasteiger partial charge < -0.3 is 15.9 Å². The number of aliphatic carboxylic acids is 2. The van der Waals surface area contributed by atoms with E-state index in [4.69, 9.17) is 10.2 Å². The van der Waals surface area contributed by atoms with Crippen molar-refractivity contribution < 1.29 is 28.6 Å². The number of hydrogen-bond donors (Lipinski definition) is 3. The Kier molecular flexibility index (Phi) is 3.55. The van der Waals surface area contributed by atoms with Crippen LogP contribution in [0.25, 0.3) is 0 Å². The van der Waals surface area contributed by atoms with Crippen molar-refractivity contribution >= 4 is 11.9 Å². The second-order valence-electron chi connectivity index (χ2n) is 2.05. The minimum Gasteiger partial charge on any atom is -0.480 e. The predicted octanol–water partition coefficient (Wildman–Crippen LogP) is -0.841. The first-order chi connectivity index (χ1) is 5.37. The molecule has 0 rings (SSSR count). The van der Waals surface area contributed by atoms with Crippen molar-refractivity contribution in [1.29, 1.82) is 0 Å². The molecule has 0 fully saturated rings. The molecule has 0 aromatic heterocycles. The number of rotatable bonds is 4. The van der Waals surface area contributed by atoms with Crippen molar-refractivity contribution in [1.82, 2.24) is 0 Å². The fraction of sp³-hybridized carbons (Fsp3) is 0.600. The summed E-state index contributed by atoms with van der Waals surface area (Å²) in [5.74, 6) is -3.86. The van der Waals surface area contributed by atoms with Crippen LogP contribution in [0.15, 0.2) is 0 Å². The normalized spacial score (nSPS) is 17.9. The molecule has 4 N–H and O–H groups in total. The standard InChI is InChI=1S/C5H7F2NO4/c6-1(2(7)4(9)10)3(8)5(11)12/h1-3H,8H2,(H,9,10)(H,11,12). The Labute approximate surface area is 65.8 Å². The average molecular weight is 183 g/mol. The molecule has 0 saturated heterocycles. The first-order valence-electron chi connectivity index (χ1n) is 2.87. The second kappa shape index (κ2) is 3.96. The lowest BCUT2D eigenvalue weighted by molar-refractivity contribution is -0.148. The Morgan fingerprint density at radius 3 is 1.83 bits per heavy atom. The van der Waals surface area contributed by atoms with Gasteiger partial charge in [0.15, 0.2) is 6.17 Å². The van der Waals surface area contributed by atoms with E-state index in [0.29, 0.717) is 0 Å². The fourth-order valence-electron chi connectivity index (χ4n) is 0.454. The highest BCUT2D eigenvalue weighted by atomic mass is 19.2. The van der Waals surface area contributed by atoms with Crippen LogP contribution in [0.1, 0.15) is 0 Å². The maximum Gasteiger partial charge on any atom is 0.341 e. The number of carboxylic acids is 2. The summed E-state index contributed by atoms with van der Waals surface area (Å²) in [4.78, 5) is 19.7. The number of halogens is 2. The Bertz CT molecular complexity index is 178. The molecule has 0 aliphatic carbocycles. The predicted molar refractivity (Wildman–Crippen MR) is 33.0 cm³/mol. The smallest absolute Gasteiger partial charge is 0.341 e. The van der Waals surface area contributed by atoms with Gasteiger partial charge in [0.1, 0.15) is 6.04 Å². The Morgan fingerprint density at radius 1 is 1.17 bits per heavy atom. The quantitative estimate of drug-likeness (QED) is 0.527. The molecule has 0 saturated carbocycles. The molecule has 5 nitrogen and oxygen atoms in total. The third-order valence-corrected chi connectivity index (χ3v) is 1.14. The number of hydrogen-bond acceptors (Lipinski definition) is 3. The zero-order chi connectivity index (χ0) is 9.89. The van der Waals surface area contributed by atoms with E-state index in [2.05, 4.69) is 5.73 Å². The number of carbonyl (C=O) groups is 2. The zero-order valence-corrected chi connectivity index (χ0v) is 5.78. The Hall–Kier alpha value is -1.24. The SMILES string of the molecule is NC(C(=O)O)C(F)C(F)C(=O)O. The third-order valence-electron chi connectivity index (χ3n) is 1.14. The van der Waals surface area contributed by atoms with Crippen molar-refractivity contribution in [3.63, 3.8) is 0 Å². The van der Waals surface area contributed by atoms with Gasteiger partial charge in [0.05, 0.1) is 0 Å². The van der Waals surface area contributed by atoms with E-state index in [1.807, 2.05) is 0 Å². The van der Waals surface area contributed by atoms with E-state index in [9.17, 15) is 18.4 Å². The summed E-state index contributed by atoms with van der Waals surface area (Å²) in [5.41, 5.74) is 4.62. The summed E-state index contributed by atoms with van der Waals surface area (Å²) in [6.07, 6.45) is -5.64. The lowest BCUT2D eigenvalue weighted by Crippen LogP contribution is -2.46. The van der Waals surface area contributed by atoms with Crippen LogP contribution < -0.4 is 5.73 Å². The van der Waals surface area contributed by atoms with Crippen LogP contribution in [0.2, 0.25) is 0 Å². The van der Waals surface area contributed by atoms with E-state index in [1.54, 1.807) is 0 Å². The van der Waals surface area contributed by atoms with Gasteiger partial charge >= 0.3 is 11.9 Å². The molecule has 70 valence electrons. The topological polar surface area (TPSA) is 101 Å². The van der Waals surface area contributed by atoms with Crippen molar-refractivity contribution in [3.8, 4) is 0 Å². The Balaban J connectivity index is 4.28. The van der Waals surface area contributed by atoms with Gasteiger partial charge in [-0.05, 0) is 0 Å². The first kappa shape index (κ1) is 10.8. The van der Waals surface area contributed by atoms with Gasteiger partial charge in [-0.2, -0.15) is 0 Å². The highest BCUT2D eigenvalue weighted by Gasteiger charge is 2.36. The minimum absolute atomic E-state index is 1.79. The van der Waals surface area contributed by atoms with Crippen LogP contribution in [0, 0.1) is 0 Å². The van der Waals surface area contributed by atoms with Crippen molar-refractivity contribution in [2.45, 2.75) is 18.4 Å². The monoisotopic (exact) mass is 183 g/mol. The summed E-state index contributed by atoms with van der Waals surface area (Å²) in [5, 5.41) is 16.0. The molecular formula is C5H7F2NO4. The molecule has 12 heavy (non-hydrogen) atoms. The fourth-order valence-corrected chi connectivity index (χ4v) is 0.454. The van der Waals surface area contributed by atoms with Gasteiger partial charge in [0, 0.05) is 0 Å². The second-order valence-corrected chi connectivity index (χ2v) is 2.05. The lowest BCUT2D eigenvalue weighted by atomic mass is 10.1. The molecule has 0 amide bonds. The summed E-state index contributed by atoms with van der Waals surface area (Å²) >= 11 is 0. The van der Waals surface area contributed by atoms with Gasteiger partial charge in [-0.1, -0.05) is 0 Å². The van der Waals surface area contributed by atoms with Crippen LogP contribution >= 0.6 is 0 Å². The molecule has 3 unspecified atom stereocenters. The molecule has 0 bridgehead atoms. The number of carboxylic acid groups (broad SMARTS) is 2. The van der Waals surface area contributed by atoms with Gasteiger partial charge in [0.25, 0.3) is 0 Å². The summed E-state index contributed by atoms with van der Waals surface area (Å²) < 4.78 is 24.6. The summed E-state index contributed by atoms with van der Waals surface area (Å²) in [6, 6.07) is -2.16. The maximum atomic E-state index is 12.4. The molecule has 7 heteroatoms. The lowest BCUT2D eigenvalue weighted by Gasteiger charge is -2.12. The van der Waals surface area contributed by atoms with Crippen LogP contribution in [0.3, 0.4) is 0 Å². The van der Waals surface area contributed by atoms with Crippen LogP contribution in [-0.4, -0.2) is 40.5 Å². The molecule has 0 aromatic rings.